The van der Waals surface area contributed by atoms with E-state index in [4.69, 9.17) is 16.7 Å². The average Bonchev–Trinajstić information content (AvgIpc) is 2.56. The summed E-state index contributed by atoms with van der Waals surface area (Å²) in [6.45, 7) is 3.92. The van der Waals surface area contributed by atoms with Gasteiger partial charge in [0.05, 0.1) is 16.5 Å². The molecule has 0 heterocycles. The van der Waals surface area contributed by atoms with Gasteiger partial charge in [0.25, 0.3) is 5.91 Å². The predicted molar refractivity (Wildman–Crippen MR) is 100 cm³/mol. The number of carbonyl (C=O) groups is 3. The Kier molecular flexibility index (Phi) is 7.03. The maximum absolute atomic E-state index is 12.5. The highest BCUT2D eigenvalue weighted by Gasteiger charge is 2.27. The highest BCUT2D eigenvalue weighted by molar-refractivity contribution is 6.34. The summed E-state index contributed by atoms with van der Waals surface area (Å²) in [4.78, 5) is 35.4. The van der Waals surface area contributed by atoms with Crippen LogP contribution in [0.2, 0.25) is 5.02 Å². The molecule has 142 valence electrons. The van der Waals surface area contributed by atoms with Crippen LogP contribution < -0.4 is 10.6 Å². The van der Waals surface area contributed by atoms with Crippen molar-refractivity contribution >= 4 is 35.1 Å². The summed E-state index contributed by atoms with van der Waals surface area (Å²) in [6.07, 6.45) is 2.77. The molecule has 0 atom stereocenters. The van der Waals surface area contributed by atoms with E-state index >= 15 is 0 Å². The largest absolute Gasteiger partial charge is 0.481 e. The monoisotopic (exact) mass is 380 g/mol. The highest BCUT2D eigenvalue weighted by atomic mass is 35.5. The van der Waals surface area contributed by atoms with Crippen LogP contribution in [-0.4, -0.2) is 28.9 Å². The fourth-order valence-electron chi connectivity index (χ4n) is 3.11. The third kappa shape index (κ3) is 5.73. The van der Waals surface area contributed by atoms with E-state index in [1.54, 1.807) is 18.2 Å². The quantitative estimate of drug-likeness (QED) is 0.701. The fraction of sp³-hybridized carbons (Fsp3) is 0.526. The first-order valence-electron chi connectivity index (χ1n) is 8.89. The second-order valence-electron chi connectivity index (χ2n) is 7.20. The van der Waals surface area contributed by atoms with Gasteiger partial charge in [-0.2, -0.15) is 0 Å². The second kappa shape index (κ2) is 9.03. The molecule has 0 unspecified atom stereocenters. The Bertz CT molecular complexity index is 682. The van der Waals surface area contributed by atoms with Crippen LogP contribution in [0.4, 0.5) is 5.69 Å². The summed E-state index contributed by atoms with van der Waals surface area (Å²) in [6, 6.07) is 4.75. The van der Waals surface area contributed by atoms with Crippen LogP contribution in [-0.2, 0) is 9.59 Å². The smallest absolute Gasteiger partial charge is 0.306 e. The number of nitrogens with one attached hydrogen (secondary N) is 2. The molecule has 1 aliphatic carbocycles. The number of halogens is 1. The molecule has 1 aliphatic rings. The lowest BCUT2D eigenvalue weighted by atomic mass is 9.86. The molecule has 2 amide bonds. The summed E-state index contributed by atoms with van der Waals surface area (Å²) in [5.41, 5.74) is 0.828. The van der Waals surface area contributed by atoms with E-state index in [0.29, 0.717) is 48.4 Å². The van der Waals surface area contributed by atoms with Gasteiger partial charge in [-0.1, -0.05) is 25.4 Å². The summed E-state index contributed by atoms with van der Waals surface area (Å²) in [7, 11) is 0. The Morgan fingerprint density at radius 1 is 1.19 bits per heavy atom. The average molecular weight is 381 g/mol. The molecule has 0 spiro atoms. The van der Waals surface area contributed by atoms with Crippen LogP contribution in [0, 0.1) is 11.8 Å². The Balaban J connectivity index is 1.99. The molecule has 1 aromatic carbocycles. The van der Waals surface area contributed by atoms with Crippen LogP contribution in [0.15, 0.2) is 18.2 Å². The number of anilines is 1. The molecule has 0 radical (unpaired) electrons. The lowest BCUT2D eigenvalue weighted by molar-refractivity contribution is -0.142. The first-order chi connectivity index (χ1) is 12.3. The molecule has 3 N–H and O–H groups in total. The summed E-state index contributed by atoms with van der Waals surface area (Å²) in [5, 5.41) is 15.0. The SMILES string of the molecule is CC(C)CC(=O)Nc1ccc(Cl)c(C(=O)NC2CCC(C(=O)O)CC2)c1. The van der Waals surface area contributed by atoms with Gasteiger partial charge in [0.2, 0.25) is 5.91 Å². The zero-order chi connectivity index (χ0) is 19.3. The van der Waals surface area contributed by atoms with Crippen LogP contribution >= 0.6 is 11.6 Å². The van der Waals surface area contributed by atoms with Crippen LogP contribution in [0.3, 0.4) is 0 Å². The van der Waals surface area contributed by atoms with Gasteiger partial charge in [0.15, 0.2) is 0 Å². The Morgan fingerprint density at radius 3 is 2.42 bits per heavy atom. The molecular formula is C19H25ClN2O4. The number of carboxylic acid groups (broad SMARTS) is 1. The molecule has 1 saturated carbocycles. The Labute approximate surface area is 158 Å². The zero-order valence-corrected chi connectivity index (χ0v) is 15.8. The number of rotatable bonds is 6. The Morgan fingerprint density at radius 2 is 1.85 bits per heavy atom. The van der Waals surface area contributed by atoms with Gasteiger partial charge >= 0.3 is 5.97 Å². The number of hydrogen-bond donors (Lipinski definition) is 3. The molecule has 1 aromatic rings. The minimum Gasteiger partial charge on any atom is -0.481 e. The molecule has 1 fully saturated rings. The molecule has 2 rings (SSSR count). The number of amides is 2. The third-order valence-corrected chi connectivity index (χ3v) is 4.83. The van der Waals surface area contributed by atoms with Crippen molar-refractivity contribution in [1.82, 2.24) is 5.32 Å². The lowest BCUT2D eigenvalue weighted by Gasteiger charge is -2.27. The van der Waals surface area contributed by atoms with Crippen LogP contribution in [0.25, 0.3) is 0 Å². The van der Waals surface area contributed by atoms with E-state index in [2.05, 4.69) is 10.6 Å². The summed E-state index contributed by atoms with van der Waals surface area (Å²) in [5.74, 6) is -1.28. The number of hydrogen-bond acceptors (Lipinski definition) is 3. The van der Waals surface area contributed by atoms with Crippen molar-refractivity contribution in [3.8, 4) is 0 Å². The van der Waals surface area contributed by atoms with Gasteiger partial charge in [-0.05, 0) is 49.8 Å². The van der Waals surface area contributed by atoms with Gasteiger partial charge in [0, 0.05) is 18.2 Å². The van der Waals surface area contributed by atoms with Gasteiger partial charge in [-0.15, -0.1) is 0 Å². The molecule has 0 aromatic heterocycles. The zero-order valence-electron chi connectivity index (χ0n) is 15.0. The van der Waals surface area contributed by atoms with Gasteiger partial charge in [0.1, 0.15) is 0 Å². The molecule has 0 aliphatic heterocycles. The van der Waals surface area contributed by atoms with Crippen molar-refractivity contribution in [1.29, 1.82) is 0 Å². The second-order valence-corrected chi connectivity index (χ2v) is 7.61. The first kappa shape index (κ1) is 20.2. The van der Waals surface area contributed by atoms with Crippen molar-refractivity contribution in [2.24, 2.45) is 11.8 Å². The topological polar surface area (TPSA) is 95.5 Å². The molecule has 7 heteroatoms. The van der Waals surface area contributed by atoms with Crippen molar-refractivity contribution in [2.75, 3.05) is 5.32 Å². The van der Waals surface area contributed by atoms with E-state index in [0.717, 1.165) is 0 Å². The maximum atomic E-state index is 12.5. The number of aliphatic carboxylic acids is 1. The molecule has 6 nitrogen and oxygen atoms in total. The molecule has 0 bridgehead atoms. The van der Waals surface area contributed by atoms with E-state index in [1.807, 2.05) is 13.8 Å². The molecule has 26 heavy (non-hydrogen) atoms. The number of benzene rings is 1. The van der Waals surface area contributed by atoms with E-state index in [9.17, 15) is 14.4 Å². The van der Waals surface area contributed by atoms with Crippen molar-refractivity contribution in [2.45, 2.75) is 52.0 Å². The summed E-state index contributed by atoms with van der Waals surface area (Å²) < 4.78 is 0. The lowest BCUT2D eigenvalue weighted by Crippen LogP contribution is -2.38. The normalized spacial score (nSPS) is 19.8. The minimum absolute atomic E-state index is 0.0617. The van der Waals surface area contributed by atoms with Gasteiger partial charge in [-0.25, -0.2) is 0 Å². The van der Waals surface area contributed by atoms with Crippen LogP contribution in [0.5, 0.6) is 0 Å². The number of carbonyl (C=O) groups excluding carboxylic acids is 2. The van der Waals surface area contributed by atoms with E-state index in [-0.39, 0.29) is 29.7 Å². The van der Waals surface area contributed by atoms with E-state index in [1.165, 1.54) is 0 Å². The van der Waals surface area contributed by atoms with Crippen molar-refractivity contribution in [3.63, 3.8) is 0 Å². The van der Waals surface area contributed by atoms with Gasteiger partial charge < -0.3 is 15.7 Å². The minimum atomic E-state index is -0.775. The van der Waals surface area contributed by atoms with E-state index < -0.39 is 5.97 Å². The van der Waals surface area contributed by atoms with Gasteiger partial charge in [-0.3, -0.25) is 14.4 Å². The molecular weight excluding hydrogens is 356 g/mol. The predicted octanol–water partition coefficient (Wildman–Crippen LogP) is 3.70. The summed E-state index contributed by atoms with van der Waals surface area (Å²) >= 11 is 6.14. The molecule has 0 saturated heterocycles. The highest BCUT2D eigenvalue weighted by Crippen LogP contribution is 2.26. The van der Waals surface area contributed by atoms with Crippen LogP contribution in [0.1, 0.15) is 56.3 Å². The maximum Gasteiger partial charge on any atom is 0.306 e. The van der Waals surface area contributed by atoms with Crippen molar-refractivity contribution in [3.05, 3.63) is 28.8 Å². The third-order valence-electron chi connectivity index (χ3n) is 4.50. The Hall–Kier alpha value is -2.08. The number of carboxylic acids is 1. The fourth-order valence-corrected chi connectivity index (χ4v) is 3.31. The first-order valence-corrected chi connectivity index (χ1v) is 9.27. The van der Waals surface area contributed by atoms with Crippen molar-refractivity contribution < 1.29 is 19.5 Å². The standard InChI is InChI=1S/C19H25ClN2O4/c1-11(2)9-17(23)21-14-7-8-16(20)15(10-14)18(24)22-13-5-3-12(4-6-13)19(25)26/h7-8,10-13H,3-6,9H2,1-2H3,(H,21,23)(H,22,24)(H,25,26).